The van der Waals surface area contributed by atoms with Crippen LogP contribution in [0.2, 0.25) is 5.02 Å². The summed E-state index contributed by atoms with van der Waals surface area (Å²) in [6, 6.07) is 11.1. The highest BCUT2D eigenvalue weighted by Gasteiger charge is 2.27. The van der Waals surface area contributed by atoms with Crippen molar-refractivity contribution in [3.05, 3.63) is 52.5 Å². The SMILES string of the molecule is Cc1cc(Cl)cc2sc(N(CC3CCCO3)C(=O)c3ccc(OC(C)C)cc3)nc12. The highest BCUT2D eigenvalue weighted by Crippen LogP contribution is 2.34. The molecule has 2 heterocycles. The van der Waals surface area contributed by atoms with Gasteiger partial charge in [0.25, 0.3) is 5.91 Å². The number of carbonyl (C=O) groups excluding carboxylic acids is 1. The number of ether oxygens (including phenoxy) is 2. The van der Waals surface area contributed by atoms with Gasteiger partial charge >= 0.3 is 0 Å². The van der Waals surface area contributed by atoms with Crippen LogP contribution in [-0.4, -0.2) is 36.3 Å². The fraction of sp³-hybridized carbons (Fsp3) is 0.391. The number of amides is 1. The molecule has 0 N–H and O–H groups in total. The lowest BCUT2D eigenvalue weighted by Gasteiger charge is -2.23. The predicted octanol–water partition coefficient (Wildman–Crippen LogP) is 5.87. The zero-order valence-electron chi connectivity index (χ0n) is 17.4. The van der Waals surface area contributed by atoms with Crippen molar-refractivity contribution in [2.45, 2.75) is 45.8 Å². The Morgan fingerprint density at radius 3 is 2.77 bits per heavy atom. The number of benzene rings is 2. The van der Waals surface area contributed by atoms with E-state index in [2.05, 4.69) is 0 Å². The van der Waals surface area contributed by atoms with Gasteiger partial charge in [-0.05, 0) is 75.6 Å². The topological polar surface area (TPSA) is 51.7 Å². The van der Waals surface area contributed by atoms with Crippen LogP contribution in [0.15, 0.2) is 36.4 Å². The van der Waals surface area contributed by atoms with E-state index < -0.39 is 0 Å². The molecule has 5 nitrogen and oxygen atoms in total. The van der Waals surface area contributed by atoms with Crippen molar-refractivity contribution in [1.29, 1.82) is 0 Å². The normalized spacial score (nSPS) is 16.4. The van der Waals surface area contributed by atoms with Crippen molar-refractivity contribution in [2.24, 2.45) is 0 Å². The minimum Gasteiger partial charge on any atom is -0.491 e. The van der Waals surface area contributed by atoms with Crippen molar-refractivity contribution in [1.82, 2.24) is 4.98 Å². The number of thiazole rings is 1. The van der Waals surface area contributed by atoms with E-state index in [0.717, 1.165) is 41.0 Å². The van der Waals surface area contributed by atoms with Crippen molar-refractivity contribution in [2.75, 3.05) is 18.1 Å². The molecular formula is C23H25ClN2O3S. The third-order valence-corrected chi connectivity index (χ3v) is 6.24. The molecule has 0 aliphatic carbocycles. The molecule has 1 unspecified atom stereocenters. The molecule has 0 bridgehead atoms. The predicted molar refractivity (Wildman–Crippen MR) is 122 cm³/mol. The van der Waals surface area contributed by atoms with Gasteiger partial charge in [-0.2, -0.15) is 0 Å². The van der Waals surface area contributed by atoms with E-state index in [0.29, 0.717) is 22.3 Å². The number of nitrogens with zero attached hydrogens (tertiary/aromatic N) is 2. The number of fused-ring (bicyclic) bond motifs is 1. The summed E-state index contributed by atoms with van der Waals surface area (Å²) >= 11 is 7.71. The lowest BCUT2D eigenvalue weighted by Crippen LogP contribution is -2.37. The summed E-state index contributed by atoms with van der Waals surface area (Å²) < 4.78 is 12.5. The molecule has 4 rings (SSSR count). The maximum Gasteiger partial charge on any atom is 0.260 e. The van der Waals surface area contributed by atoms with Gasteiger partial charge in [0.2, 0.25) is 0 Å². The first-order chi connectivity index (χ1) is 14.4. The quantitative estimate of drug-likeness (QED) is 0.477. The second kappa shape index (κ2) is 8.92. The Hall–Kier alpha value is -2.15. The van der Waals surface area contributed by atoms with E-state index in [1.807, 2.05) is 45.0 Å². The molecular weight excluding hydrogens is 420 g/mol. The number of anilines is 1. The molecule has 1 aliphatic heterocycles. The molecule has 1 aromatic heterocycles. The highest BCUT2D eigenvalue weighted by molar-refractivity contribution is 7.22. The van der Waals surface area contributed by atoms with Gasteiger partial charge in [-0.3, -0.25) is 9.69 Å². The van der Waals surface area contributed by atoms with Crippen LogP contribution in [0.1, 0.15) is 42.6 Å². The molecule has 1 saturated heterocycles. The molecule has 7 heteroatoms. The minimum atomic E-state index is -0.0931. The standard InChI is InChI=1S/C23H25ClN2O3S/c1-14(2)29-18-8-6-16(7-9-18)22(27)26(13-19-5-4-10-28-19)23-25-21-15(3)11-17(24)12-20(21)30-23/h6-9,11-12,14,19H,4-5,10,13H2,1-3H3. The van der Waals surface area contributed by atoms with E-state index in [1.165, 1.54) is 11.3 Å². The van der Waals surface area contributed by atoms with Crippen LogP contribution in [0, 0.1) is 6.92 Å². The average molecular weight is 445 g/mol. The van der Waals surface area contributed by atoms with Crippen molar-refractivity contribution in [3.8, 4) is 5.75 Å². The van der Waals surface area contributed by atoms with Gasteiger partial charge in [0.15, 0.2) is 5.13 Å². The fourth-order valence-corrected chi connectivity index (χ4v) is 5.03. The summed E-state index contributed by atoms with van der Waals surface area (Å²) in [4.78, 5) is 20.0. The first-order valence-corrected chi connectivity index (χ1v) is 11.4. The first kappa shape index (κ1) is 21.1. The lowest BCUT2D eigenvalue weighted by atomic mass is 10.1. The molecule has 1 amide bonds. The van der Waals surface area contributed by atoms with E-state index in [1.54, 1.807) is 17.0 Å². The van der Waals surface area contributed by atoms with Gasteiger partial charge in [-0.1, -0.05) is 22.9 Å². The summed E-state index contributed by atoms with van der Waals surface area (Å²) in [5.41, 5.74) is 2.48. The van der Waals surface area contributed by atoms with Gasteiger partial charge in [0.05, 0.1) is 29.0 Å². The van der Waals surface area contributed by atoms with Crippen LogP contribution < -0.4 is 9.64 Å². The Labute approximate surface area is 185 Å². The van der Waals surface area contributed by atoms with E-state index >= 15 is 0 Å². The Morgan fingerprint density at radius 2 is 2.10 bits per heavy atom. The number of carbonyl (C=O) groups is 1. The summed E-state index contributed by atoms with van der Waals surface area (Å²) in [7, 11) is 0. The number of hydrogen-bond donors (Lipinski definition) is 0. The summed E-state index contributed by atoms with van der Waals surface area (Å²) in [6.45, 7) is 7.16. The number of rotatable bonds is 6. The number of hydrogen-bond acceptors (Lipinski definition) is 5. The molecule has 1 atom stereocenters. The Morgan fingerprint density at radius 1 is 1.33 bits per heavy atom. The van der Waals surface area contributed by atoms with Crippen LogP contribution in [0.4, 0.5) is 5.13 Å². The van der Waals surface area contributed by atoms with Crippen LogP contribution >= 0.6 is 22.9 Å². The van der Waals surface area contributed by atoms with Gasteiger partial charge < -0.3 is 9.47 Å². The molecule has 0 radical (unpaired) electrons. The van der Waals surface area contributed by atoms with E-state index in [9.17, 15) is 4.79 Å². The molecule has 3 aromatic rings. The van der Waals surface area contributed by atoms with Crippen LogP contribution in [0.3, 0.4) is 0 Å². The summed E-state index contributed by atoms with van der Waals surface area (Å²) in [6.07, 6.45) is 2.07. The van der Waals surface area contributed by atoms with Crippen LogP contribution in [0.5, 0.6) is 5.75 Å². The third-order valence-electron chi connectivity index (χ3n) is 5.00. The fourth-order valence-electron chi connectivity index (χ4n) is 3.60. The Bertz CT molecular complexity index is 1040. The third kappa shape index (κ3) is 4.61. The highest BCUT2D eigenvalue weighted by atomic mass is 35.5. The molecule has 1 fully saturated rings. The maximum atomic E-state index is 13.5. The smallest absolute Gasteiger partial charge is 0.260 e. The van der Waals surface area contributed by atoms with Crippen molar-refractivity contribution in [3.63, 3.8) is 0 Å². The molecule has 0 spiro atoms. The second-order valence-electron chi connectivity index (χ2n) is 7.81. The maximum absolute atomic E-state index is 13.5. The molecule has 2 aromatic carbocycles. The van der Waals surface area contributed by atoms with E-state index in [-0.39, 0.29) is 18.1 Å². The molecule has 158 valence electrons. The Balaban J connectivity index is 1.67. The lowest BCUT2D eigenvalue weighted by molar-refractivity contribution is 0.0917. The van der Waals surface area contributed by atoms with Crippen LogP contribution in [-0.2, 0) is 4.74 Å². The molecule has 30 heavy (non-hydrogen) atoms. The Kier molecular flexibility index (Phi) is 6.27. The second-order valence-corrected chi connectivity index (χ2v) is 9.25. The molecule has 1 aliphatic rings. The molecule has 0 saturated carbocycles. The first-order valence-electron chi connectivity index (χ1n) is 10.2. The van der Waals surface area contributed by atoms with Gasteiger partial charge in [0.1, 0.15) is 5.75 Å². The zero-order valence-corrected chi connectivity index (χ0v) is 18.9. The summed E-state index contributed by atoms with van der Waals surface area (Å²) in [5.74, 6) is 0.655. The largest absolute Gasteiger partial charge is 0.491 e. The van der Waals surface area contributed by atoms with Gasteiger partial charge in [-0.25, -0.2) is 4.98 Å². The van der Waals surface area contributed by atoms with Gasteiger partial charge in [0, 0.05) is 17.2 Å². The zero-order chi connectivity index (χ0) is 21.3. The number of aryl methyl sites for hydroxylation is 1. The number of aromatic nitrogens is 1. The van der Waals surface area contributed by atoms with Crippen molar-refractivity contribution >= 4 is 44.2 Å². The summed E-state index contributed by atoms with van der Waals surface area (Å²) in [5, 5.41) is 1.34. The van der Waals surface area contributed by atoms with Crippen molar-refractivity contribution < 1.29 is 14.3 Å². The van der Waals surface area contributed by atoms with Gasteiger partial charge in [-0.15, -0.1) is 0 Å². The van der Waals surface area contributed by atoms with E-state index in [4.69, 9.17) is 26.1 Å². The minimum absolute atomic E-state index is 0.0224. The number of halogens is 1. The van der Waals surface area contributed by atoms with Crippen LogP contribution in [0.25, 0.3) is 10.2 Å². The monoisotopic (exact) mass is 444 g/mol. The average Bonchev–Trinajstić information content (AvgIpc) is 3.35.